The maximum atomic E-state index is 12.3. The van der Waals surface area contributed by atoms with Crippen molar-refractivity contribution in [3.8, 4) is 11.5 Å². The summed E-state index contributed by atoms with van der Waals surface area (Å²) in [5.74, 6) is 0.642. The second-order valence-corrected chi connectivity index (χ2v) is 6.14. The summed E-state index contributed by atoms with van der Waals surface area (Å²) in [6.07, 6.45) is -0.779. The SMILES string of the molecule is COc1ccc2c(COC(=O)[C@H](C)Oc3cccc(C)c3)cc(=O)oc2c1. The summed E-state index contributed by atoms with van der Waals surface area (Å²) in [6, 6.07) is 13.8. The lowest BCUT2D eigenvalue weighted by Crippen LogP contribution is -2.26. The minimum absolute atomic E-state index is 0.0607. The number of esters is 1. The zero-order valence-corrected chi connectivity index (χ0v) is 15.4. The van der Waals surface area contributed by atoms with Gasteiger partial charge in [-0.05, 0) is 43.7 Å². The molecule has 2 aromatic carbocycles. The van der Waals surface area contributed by atoms with Crippen LogP contribution in [0.3, 0.4) is 0 Å². The molecule has 0 bridgehead atoms. The normalized spacial score (nSPS) is 11.8. The molecule has 3 rings (SSSR count). The maximum Gasteiger partial charge on any atom is 0.347 e. The third-order valence-corrected chi connectivity index (χ3v) is 4.04. The molecule has 1 heterocycles. The van der Waals surface area contributed by atoms with Crippen LogP contribution in [0.25, 0.3) is 11.0 Å². The first-order valence-corrected chi connectivity index (χ1v) is 8.47. The van der Waals surface area contributed by atoms with E-state index in [0.29, 0.717) is 28.0 Å². The first-order valence-electron chi connectivity index (χ1n) is 8.47. The van der Waals surface area contributed by atoms with Gasteiger partial charge in [0.1, 0.15) is 23.7 Å². The Kier molecular flexibility index (Phi) is 5.45. The fraction of sp³-hybridized carbons (Fsp3) is 0.238. The van der Waals surface area contributed by atoms with E-state index >= 15 is 0 Å². The quantitative estimate of drug-likeness (QED) is 0.489. The van der Waals surface area contributed by atoms with Gasteiger partial charge in [-0.15, -0.1) is 0 Å². The van der Waals surface area contributed by atoms with E-state index in [1.807, 2.05) is 25.1 Å². The average Bonchev–Trinajstić information content (AvgIpc) is 2.65. The highest BCUT2D eigenvalue weighted by molar-refractivity contribution is 5.82. The van der Waals surface area contributed by atoms with E-state index in [1.165, 1.54) is 13.2 Å². The Labute approximate surface area is 156 Å². The van der Waals surface area contributed by atoms with Gasteiger partial charge in [0.2, 0.25) is 0 Å². The second-order valence-electron chi connectivity index (χ2n) is 6.14. The molecule has 140 valence electrons. The van der Waals surface area contributed by atoms with Gasteiger partial charge in [0.05, 0.1) is 7.11 Å². The number of rotatable bonds is 6. The van der Waals surface area contributed by atoms with Gasteiger partial charge < -0.3 is 18.6 Å². The molecule has 0 unspecified atom stereocenters. The van der Waals surface area contributed by atoms with E-state index in [1.54, 1.807) is 31.2 Å². The van der Waals surface area contributed by atoms with E-state index in [-0.39, 0.29) is 6.61 Å². The molecule has 3 aromatic rings. The van der Waals surface area contributed by atoms with Gasteiger partial charge in [-0.1, -0.05) is 12.1 Å². The molecule has 0 fully saturated rings. The Morgan fingerprint density at radius 3 is 2.67 bits per heavy atom. The molecule has 0 N–H and O–H groups in total. The summed E-state index contributed by atoms with van der Waals surface area (Å²) in [4.78, 5) is 24.0. The van der Waals surface area contributed by atoms with Crippen LogP contribution in [0.2, 0.25) is 0 Å². The fourth-order valence-corrected chi connectivity index (χ4v) is 2.66. The molecule has 0 aliphatic rings. The second kappa shape index (κ2) is 7.95. The van der Waals surface area contributed by atoms with Gasteiger partial charge in [-0.25, -0.2) is 9.59 Å². The molecule has 0 saturated heterocycles. The van der Waals surface area contributed by atoms with Gasteiger partial charge >= 0.3 is 11.6 Å². The van der Waals surface area contributed by atoms with Crippen LogP contribution in [0.5, 0.6) is 11.5 Å². The van der Waals surface area contributed by atoms with E-state index in [0.717, 1.165) is 5.56 Å². The van der Waals surface area contributed by atoms with Crippen molar-refractivity contribution >= 4 is 16.9 Å². The smallest absolute Gasteiger partial charge is 0.347 e. The van der Waals surface area contributed by atoms with Crippen LogP contribution in [0, 0.1) is 6.92 Å². The predicted octanol–water partition coefficient (Wildman–Crippen LogP) is 3.62. The van der Waals surface area contributed by atoms with Crippen LogP contribution in [-0.4, -0.2) is 19.2 Å². The highest BCUT2D eigenvalue weighted by atomic mass is 16.6. The third-order valence-electron chi connectivity index (χ3n) is 4.04. The molecule has 0 spiro atoms. The zero-order chi connectivity index (χ0) is 19.4. The number of hydrogen-bond acceptors (Lipinski definition) is 6. The minimum Gasteiger partial charge on any atom is -0.497 e. The van der Waals surface area contributed by atoms with E-state index < -0.39 is 17.7 Å². The molecule has 6 nitrogen and oxygen atoms in total. The van der Waals surface area contributed by atoms with Crippen LogP contribution in [-0.2, 0) is 16.1 Å². The van der Waals surface area contributed by atoms with E-state index in [2.05, 4.69) is 0 Å². The molecule has 0 aliphatic heterocycles. The summed E-state index contributed by atoms with van der Waals surface area (Å²) in [6.45, 7) is 3.50. The van der Waals surface area contributed by atoms with Crippen molar-refractivity contribution in [2.45, 2.75) is 26.6 Å². The lowest BCUT2D eigenvalue weighted by atomic mass is 10.1. The first-order chi connectivity index (χ1) is 13.0. The Morgan fingerprint density at radius 2 is 1.93 bits per heavy atom. The molecule has 0 amide bonds. The third kappa shape index (κ3) is 4.47. The Morgan fingerprint density at radius 1 is 1.11 bits per heavy atom. The van der Waals surface area contributed by atoms with Crippen LogP contribution in [0.1, 0.15) is 18.1 Å². The number of carbonyl (C=O) groups excluding carboxylic acids is 1. The Bertz CT molecular complexity index is 1020. The summed E-state index contributed by atoms with van der Waals surface area (Å²) in [5, 5.41) is 0.676. The van der Waals surface area contributed by atoms with Gasteiger partial charge in [0.15, 0.2) is 6.10 Å². The highest BCUT2D eigenvalue weighted by Gasteiger charge is 2.17. The van der Waals surface area contributed by atoms with Gasteiger partial charge in [-0.2, -0.15) is 0 Å². The van der Waals surface area contributed by atoms with Crippen LogP contribution in [0.15, 0.2) is 57.7 Å². The molecular formula is C21H20O6. The fourth-order valence-electron chi connectivity index (χ4n) is 2.66. The van der Waals surface area contributed by atoms with Crippen molar-refractivity contribution in [3.05, 3.63) is 70.1 Å². The van der Waals surface area contributed by atoms with E-state index in [4.69, 9.17) is 18.6 Å². The van der Waals surface area contributed by atoms with Gasteiger partial charge in [0, 0.05) is 23.1 Å². The van der Waals surface area contributed by atoms with Crippen molar-refractivity contribution in [1.82, 2.24) is 0 Å². The van der Waals surface area contributed by atoms with Crippen molar-refractivity contribution in [2.24, 2.45) is 0 Å². The Hall–Kier alpha value is -3.28. The lowest BCUT2D eigenvalue weighted by Gasteiger charge is -2.15. The molecule has 1 aromatic heterocycles. The van der Waals surface area contributed by atoms with Crippen LogP contribution >= 0.6 is 0 Å². The number of carbonyl (C=O) groups is 1. The summed E-state index contributed by atoms with van der Waals surface area (Å²) in [5.41, 5.74) is 1.44. The van der Waals surface area contributed by atoms with Gasteiger partial charge in [-0.3, -0.25) is 0 Å². The molecular weight excluding hydrogens is 348 g/mol. The number of aryl methyl sites for hydroxylation is 1. The van der Waals surface area contributed by atoms with Crippen molar-refractivity contribution in [2.75, 3.05) is 7.11 Å². The molecule has 6 heteroatoms. The van der Waals surface area contributed by atoms with Crippen LogP contribution in [0.4, 0.5) is 0 Å². The summed E-state index contributed by atoms with van der Waals surface area (Å²) >= 11 is 0. The monoisotopic (exact) mass is 368 g/mol. The molecule has 0 aliphatic carbocycles. The van der Waals surface area contributed by atoms with Crippen molar-refractivity contribution in [3.63, 3.8) is 0 Å². The molecule has 0 saturated carbocycles. The first kappa shape index (κ1) is 18.5. The van der Waals surface area contributed by atoms with Gasteiger partial charge in [0.25, 0.3) is 0 Å². The molecule has 1 atom stereocenters. The lowest BCUT2D eigenvalue weighted by molar-refractivity contribution is -0.152. The molecule has 27 heavy (non-hydrogen) atoms. The van der Waals surface area contributed by atoms with Crippen LogP contribution < -0.4 is 15.1 Å². The summed E-state index contributed by atoms with van der Waals surface area (Å²) < 4.78 is 21.3. The largest absolute Gasteiger partial charge is 0.497 e. The highest BCUT2D eigenvalue weighted by Crippen LogP contribution is 2.23. The number of benzene rings is 2. The predicted molar refractivity (Wildman–Crippen MR) is 100 cm³/mol. The minimum atomic E-state index is -0.779. The zero-order valence-electron chi connectivity index (χ0n) is 15.4. The number of hydrogen-bond donors (Lipinski definition) is 0. The Balaban J connectivity index is 1.72. The molecule has 0 radical (unpaired) electrons. The standard InChI is InChI=1S/C21H20O6/c1-13-5-4-6-17(9-13)26-14(2)21(23)25-12-15-10-20(22)27-19-11-16(24-3)7-8-18(15)19/h4-11,14H,12H2,1-3H3/t14-/m0/s1. The van der Waals surface area contributed by atoms with Crippen molar-refractivity contribution < 1.29 is 23.4 Å². The number of fused-ring (bicyclic) bond motifs is 1. The van der Waals surface area contributed by atoms with Crippen molar-refractivity contribution in [1.29, 1.82) is 0 Å². The number of ether oxygens (including phenoxy) is 3. The summed E-state index contributed by atoms with van der Waals surface area (Å²) in [7, 11) is 1.53. The topological polar surface area (TPSA) is 75.0 Å². The number of methoxy groups -OCH3 is 1. The van der Waals surface area contributed by atoms with E-state index in [9.17, 15) is 9.59 Å². The maximum absolute atomic E-state index is 12.3. The average molecular weight is 368 g/mol.